The number of aromatic nitrogens is 1. The molecule has 6 nitrogen and oxygen atoms in total. The summed E-state index contributed by atoms with van der Waals surface area (Å²) in [5, 5.41) is 1.47. The Morgan fingerprint density at radius 1 is 1.10 bits per heavy atom. The van der Waals surface area contributed by atoms with Crippen molar-refractivity contribution in [2.24, 2.45) is 0 Å². The number of hydrogen-bond donors (Lipinski definition) is 0. The summed E-state index contributed by atoms with van der Waals surface area (Å²) in [7, 11) is -4.13. The van der Waals surface area contributed by atoms with Crippen LogP contribution in [0.15, 0.2) is 68.8 Å². The molecule has 0 saturated carbocycles. The summed E-state index contributed by atoms with van der Waals surface area (Å²) >= 11 is 0. The Morgan fingerprint density at radius 2 is 1.93 bits per heavy atom. The highest BCUT2D eigenvalue weighted by Gasteiger charge is 2.21. The van der Waals surface area contributed by atoms with Crippen molar-refractivity contribution in [3.05, 3.63) is 76.3 Å². The molecule has 2 aromatic heterocycles. The Kier molecular flexibility index (Phi) is 4.84. The zero-order valence-electron chi connectivity index (χ0n) is 16.0. The van der Waals surface area contributed by atoms with E-state index in [1.165, 1.54) is 18.2 Å². The highest BCUT2D eigenvalue weighted by Crippen LogP contribution is 2.28. The molecule has 2 aromatic carbocycles. The third-order valence-corrected chi connectivity index (χ3v) is 5.89. The van der Waals surface area contributed by atoms with Crippen molar-refractivity contribution in [2.45, 2.75) is 31.6 Å². The van der Waals surface area contributed by atoms with Crippen molar-refractivity contribution in [1.29, 1.82) is 0 Å². The highest BCUT2D eigenvalue weighted by molar-refractivity contribution is 7.87. The molecule has 0 aliphatic carbocycles. The second-order valence-electron chi connectivity index (χ2n) is 6.88. The van der Waals surface area contributed by atoms with Gasteiger partial charge in [-0.05, 0) is 48.7 Å². The van der Waals surface area contributed by atoms with Crippen molar-refractivity contribution >= 4 is 32.0 Å². The van der Waals surface area contributed by atoms with E-state index in [2.05, 4.69) is 4.98 Å². The second kappa shape index (κ2) is 7.33. The lowest BCUT2D eigenvalue weighted by Gasteiger charge is -2.10. The van der Waals surface area contributed by atoms with Crippen LogP contribution in [0.2, 0.25) is 0 Å². The minimum atomic E-state index is -4.13. The van der Waals surface area contributed by atoms with Gasteiger partial charge < -0.3 is 8.60 Å². The standard InChI is InChI=1S/C22H19NO5S/c1-3-5-15-11-21(24)27-19-12-17(8-9-18(15)19)28-29(25,26)20-7-4-6-16-10-14(2)13-23-22(16)20/h4,6-13H,3,5H2,1-2H3. The molecule has 0 unspecified atom stereocenters. The predicted octanol–water partition coefficient (Wildman–Crippen LogP) is 4.37. The number of aryl methyl sites for hydroxylation is 2. The van der Waals surface area contributed by atoms with Crippen LogP contribution in [-0.4, -0.2) is 13.4 Å². The average Bonchev–Trinajstić information content (AvgIpc) is 2.66. The van der Waals surface area contributed by atoms with Crippen molar-refractivity contribution < 1.29 is 17.0 Å². The lowest BCUT2D eigenvalue weighted by atomic mass is 10.1. The number of hydrogen-bond acceptors (Lipinski definition) is 6. The Hall–Kier alpha value is -3.19. The smallest absolute Gasteiger partial charge is 0.341 e. The molecule has 148 valence electrons. The van der Waals surface area contributed by atoms with Gasteiger partial charge in [0.15, 0.2) is 0 Å². The summed E-state index contributed by atoms with van der Waals surface area (Å²) in [6.45, 7) is 3.91. The maximum absolute atomic E-state index is 12.9. The Bertz CT molecular complexity index is 1390. The first-order valence-corrected chi connectivity index (χ1v) is 10.6. The Morgan fingerprint density at radius 3 is 2.72 bits per heavy atom. The minimum Gasteiger partial charge on any atom is -0.423 e. The molecule has 4 rings (SSSR count). The number of rotatable bonds is 5. The van der Waals surface area contributed by atoms with Crippen LogP contribution in [0.3, 0.4) is 0 Å². The molecule has 0 aliphatic rings. The molecule has 0 aliphatic heterocycles. The van der Waals surface area contributed by atoms with Crippen molar-refractivity contribution in [3.8, 4) is 5.75 Å². The summed E-state index contributed by atoms with van der Waals surface area (Å²) in [5.74, 6) is 0.0680. The molecule has 0 amide bonds. The molecule has 4 aromatic rings. The van der Waals surface area contributed by atoms with E-state index in [1.807, 2.05) is 19.9 Å². The van der Waals surface area contributed by atoms with Crippen LogP contribution in [-0.2, 0) is 16.5 Å². The molecule has 0 spiro atoms. The summed E-state index contributed by atoms with van der Waals surface area (Å²) in [5.41, 5.74) is 1.95. The number of para-hydroxylation sites is 1. The Labute approximate surface area is 167 Å². The molecule has 29 heavy (non-hydrogen) atoms. The van der Waals surface area contributed by atoms with Crippen LogP contribution in [0, 0.1) is 6.92 Å². The van der Waals surface area contributed by atoms with E-state index in [4.69, 9.17) is 8.60 Å². The minimum absolute atomic E-state index is 0.0173. The third-order valence-electron chi connectivity index (χ3n) is 4.61. The molecule has 0 radical (unpaired) electrons. The number of nitrogens with zero attached hydrogens (tertiary/aromatic N) is 1. The van der Waals surface area contributed by atoms with Gasteiger partial charge in [-0.3, -0.25) is 4.98 Å². The van der Waals surface area contributed by atoms with E-state index in [0.717, 1.165) is 29.4 Å². The van der Waals surface area contributed by atoms with Crippen LogP contribution < -0.4 is 9.81 Å². The molecule has 0 N–H and O–H groups in total. The van der Waals surface area contributed by atoms with Gasteiger partial charge in [0, 0.05) is 29.1 Å². The largest absolute Gasteiger partial charge is 0.423 e. The molecule has 0 atom stereocenters. The maximum Gasteiger partial charge on any atom is 0.341 e. The van der Waals surface area contributed by atoms with Gasteiger partial charge in [0.25, 0.3) is 0 Å². The fourth-order valence-electron chi connectivity index (χ4n) is 3.35. The van der Waals surface area contributed by atoms with Crippen molar-refractivity contribution in [2.75, 3.05) is 0 Å². The normalized spacial score (nSPS) is 11.8. The molecule has 0 saturated heterocycles. The zero-order valence-corrected chi connectivity index (χ0v) is 16.8. The quantitative estimate of drug-likeness (QED) is 0.359. The van der Waals surface area contributed by atoms with E-state index in [9.17, 15) is 13.2 Å². The molecule has 0 fully saturated rings. The average molecular weight is 409 g/mol. The zero-order chi connectivity index (χ0) is 20.6. The van der Waals surface area contributed by atoms with Crippen LogP contribution in [0.5, 0.6) is 5.75 Å². The lowest BCUT2D eigenvalue weighted by molar-refractivity contribution is 0.485. The van der Waals surface area contributed by atoms with Gasteiger partial charge in [0.2, 0.25) is 0 Å². The van der Waals surface area contributed by atoms with Gasteiger partial charge in [0.1, 0.15) is 16.2 Å². The first-order chi connectivity index (χ1) is 13.9. The van der Waals surface area contributed by atoms with Crippen LogP contribution in [0.1, 0.15) is 24.5 Å². The lowest BCUT2D eigenvalue weighted by Crippen LogP contribution is -2.11. The SMILES string of the molecule is CCCc1cc(=O)oc2cc(OS(=O)(=O)c3cccc4cc(C)cnc34)ccc12. The molecular weight excluding hydrogens is 390 g/mol. The topological polar surface area (TPSA) is 86.5 Å². The van der Waals surface area contributed by atoms with Gasteiger partial charge in [-0.15, -0.1) is 0 Å². The van der Waals surface area contributed by atoms with Gasteiger partial charge in [-0.2, -0.15) is 8.42 Å². The monoisotopic (exact) mass is 409 g/mol. The van der Waals surface area contributed by atoms with E-state index in [1.54, 1.807) is 30.5 Å². The first-order valence-electron chi connectivity index (χ1n) is 9.24. The summed E-state index contributed by atoms with van der Waals surface area (Å²) < 4.78 is 36.4. The van der Waals surface area contributed by atoms with E-state index < -0.39 is 15.7 Å². The number of benzene rings is 2. The summed E-state index contributed by atoms with van der Waals surface area (Å²) in [6, 6.07) is 12.9. The van der Waals surface area contributed by atoms with Crippen molar-refractivity contribution in [1.82, 2.24) is 4.98 Å². The first kappa shape index (κ1) is 19.1. The second-order valence-corrected chi connectivity index (χ2v) is 8.39. The van der Waals surface area contributed by atoms with Gasteiger partial charge in [-0.1, -0.05) is 25.5 Å². The van der Waals surface area contributed by atoms with Crippen LogP contribution in [0.25, 0.3) is 21.9 Å². The van der Waals surface area contributed by atoms with Gasteiger partial charge >= 0.3 is 15.7 Å². The summed E-state index contributed by atoms with van der Waals surface area (Å²) in [6.07, 6.45) is 3.21. The van der Waals surface area contributed by atoms with Crippen LogP contribution >= 0.6 is 0 Å². The molecule has 0 bridgehead atoms. The predicted molar refractivity (Wildman–Crippen MR) is 111 cm³/mol. The highest BCUT2D eigenvalue weighted by atomic mass is 32.2. The fraction of sp³-hybridized carbons (Fsp3) is 0.182. The molecule has 7 heteroatoms. The maximum atomic E-state index is 12.9. The van der Waals surface area contributed by atoms with E-state index in [-0.39, 0.29) is 10.6 Å². The van der Waals surface area contributed by atoms with Gasteiger partial charge in [0.05, 0.1) is 5.52 Å². The molecule has 2 heterocycles. The van der Waals surface area contributed by atoms with Crippen molar-refractivity contribution in [3.63, 3.8) is 0 Å². The third kappa shape index (κ3) is 3.73. The molecular formula is C22H19NO5S. The summed E-state index contributed by atoms with van der Waals surface area (Å²) in [4.78, 5) is 16.1. The van der Waals surface area contributed by atoms with E-state index >= 15 is 0 Å². The van der Waals surface area contributed by atoms with Gasteiger partial charge in [-0.25, -0.2) is 4.79 Å². The van der Waals surface area contributed by atoms with Crippen LogP contribution in [0.4, 0.5) is 0 Å². The number of fused-ring (bicyclic) bond motifs is 2. The van der Waals surface area contributed by atoms with E-state index in [0.29, 0.717) is 16.5 Å². The Balaban J connectivity index is 1.77. The number of pyridine rings is 1. The fourth-order valence-corrected chi connectivity index (χ4v) is 4.45.